The molecule has 27 heavy (non-hydrogen) atoms. The highest BCUT2D eigenvalue weighted by Gasteiger charge is 2.26. The molecule has 2 aromatic rings. The van der Waals surface area contributed by atoms with E-state index < -0.39 is 16.0 Å². The largest absolute Gasteiger partial charge is 0.421 e. The van der Waals surface area contributed by atoms with E-state index in [0.717, 1.165) is 4.47 Å². The smallest absolute Gasteiger partial charge is 0.343 e. The fourth-order valence-corrected chi connectivity index (χ4v) is 5.47. The van der Waals surface area contributed by atoms with Gasteiger partial charge in [0.25, 0.3) is 0 Å². The molecule has 2 rings (SSSR count). The van der Waals surface area contributed by atoms with Gasteiger partial charge in [0.1, 0.15) is 4.90 Å². The number of esters is 1. The van der Waals surface area contributed by atoms with E-state index in [4.69, 9.17) is 27.9 Å². The molecule has 0 heterocycles. The molecular formula is C18H18BrCl2NO4S. The molecule has 9 heteroatoms. The third-order valence-electron chi connectivity index (χ3n) is 3.88. The minimum Gasteiger partial charge on any atom is -0.421 e. The molecule has 0 amide bonds. The second-order valence-electron chi connectivity index (χ2n) is 5.66. The van der Waals surface area contributed by atoms with E-state index in [-0.39, 0.29) is 39.3 Å². The molecule has 0 aromatic heterocycles. The number of aryl methyl sites for hydroxylation is 1. The van der Waals surface area contributed by atoms with Gasteiger partial charge >= 0.3 is 5.97 Å². The van der Waals surface area contributed by atoms with Crippen LogP contribution in [0.25, 0.3) is 0 Å². The van der Waals surface area contributed by atoms with Crippen molar-refractivity contribution in [2.45, 2.75) is 25.7 Å². The number of benzene rings is 2. The summed E-state index contributed by atoms with van der Waals surface area (Å²) in [6.45, 7) is 5.78. The summed E-state index contributed by atoms with van der Waals surface area (Å²) in [6, 6.07) is 7.36. The maximum absolute atomic E-state index is 12.8. The van der Waals surface area contributed by atoms with E-state index in [9.17, 15) is 13.2 Å². The lowest BCUT2D eigenvalue weighted by molar-refractivity contribution is 0.0733. The summed E-state index contributed by atoms with van der Waals surface area (Å²) in [5.41, 5.74) is 0.719. The van der Waals surface area contributed by atoms with Crippen LogP contribution in [-0.4, -0.2) is 31.8 Å². The lowest BCUT2D eigenvalue weighted by Crippen LogP contribution is -2.31. The van der Waals surface area contributed by atoms with Crippen LogP contribution >= 0.6 is 39.1 Å². The average molecular weight is 495 g/mol. The lowest BCUT2D eigenvalue weighted by atomic mass is 10.2. The van der Waals surface area contributed by atoms with Gasteiger partial charge in [-0.15, -0.1) is 0 Å². The molecule has 0 aliphatic heterocycles. The van der Waals surface area contributed by atoms with E-state index in [1.165, 1.54) is 22.5 Å². The van der Waals surface area contributed by atoms with Crippen LogP contribution in [0.4, 0.5) is 0 Å². The number of hydrogen-bond acceptors (Lipinski definition) is 4. The fourth-order valence-electron chi connectivity index (χ4n) is 2.50. The predicted octanol–water partition coefficient (Wildman–Crippen LogP) is 5.31. The number of ether oxygens (including phenoxy) is 1. The minimum absolute atomic E-state index is 0.0382. The van der Waals surface area contributed by atoms with E-state index in [0.29, 0.717) is 5.56 Å². The average Bonchev–Trinajstić information content (AvgIpc) is 2.58. The van der Waals surface area contributed by atoms with Crippen molar-refractivity contribution in [3.05, 3.63) is 56.0 Å². The number of carbonyl (C=O) groups excluding carboxylic acids is 1. The zero-order chi connectivity index (χ0) is 20.4. The highest BCUT2D eigenvalue weighted by atomic mass is 79.9. The molecule has 146 valence electrons. The van der Waals surface area contributed by atoms with Crippen molar-refractivity contribution in [3.8, 4) is 5.75 Å². The highest BCUT2D eigenvalue weighted by molar-refractivity contribution is 9.10. The fraction of sp³-hybridized carbons (Fsp3) is 0.278. The Morgan fingerprint density at radius 3 is 2.30 bits per heavy atom. The van der Waals surface area contributed by atoms with Gasteiger partial charge in [0, 0.05) is 17.6 Å². The van der Waals surface area contributed by atoms with E-state index >= 15 is 0 Å². The first-order chi connectivity index (χ1) is 12.6. The van der Waals surface area contributed by atoms with Gasteiger partial charge < -0.3 is 4.74 Å². The minimum atomic E-state index is -3.82. The second kappa shape index (κ2) is 8.92. The SMILES string of the molecule is CCN(CC)S(=O)(=O)c1cc(C(=O)Oc2c(C)cc(Br)cc2Cl)ccc1Cl. The van der Waals surface area contributed by atoms with Crippen molar-refractivity contribution in [3.63, 3.8) is 0 Å². The highest BCUT2D eigenvalue weighted by Crippen LogP contribution is 2.33. The van der Waals surface area contributed by atoms with Gasteiger partial charge in [-0.1, -0.05) is 53.0 Å². The number of hydrogen-bond donors (Lipinski definition) is 0. The Hall–Kier alpha value is -1.12. The van der Waals surface area contributed by atoms with Crippen LogP contribution in [0.15, 0.2) is 39.7 Å². The third kappa shape index (κ3) is 4.84. The normalized spacial score (nSPS) is 11.7. The predicted molar refractivity (Wildman–Crippen MR) is 110 cm³/mol. The van der Waals surface area contributed by atoms with Crippen molar-refractivity contribution < 1.29 is 17.9 Å². The van der Waals surface area contributed by atoms with E-state index in [2.05, 4.69) is 15.9 Å². The van der Waals surface area contributed by atoms with E-state index in [1.807, 2.05) is 0 Å². The monoisotopic (exact) mass is 493 g/mol. The number of halogens is 3. The van der Waals surface area contributed by atoms with Crippen molar-refractivity contribution >= 4 is 55.1 Å². The molecule has 0 N–H and O–H groups in total. The van der Waals surface area contributed by atoms with Crippen molar-refractivity contribution in [2.75, 3.05) is 13.1 Å². The molecule has 0 atom stereocenters. The van der Waals surface area contributed by atoms with Gasteiger partial charge in [0.2, 0.25) is 10.0 Å². The summed E-state index contributed by atoms with van der Waals surface area (Å²) in [5, 5.41) is 0.302. The summed E-state index contributed by atoms with van der Waals surface area (Å²) >= 11 is 15.5. The molecule has 0 bridgehead atoms. The molecule has 0 saturated carbocycles. The molecule has 0 saturated heterocycles. The Bertz CT molecular complexity index is 952. The van der Waals surface area contributed by atoms with Gasteiger partial charge in [-0.3, -0.25) is 0 Å². The molecule has 0 fully saturated rings. The van der Waals surface area contributed by atoms with Crippen LogP contribution in [0.1, 0.15) is 29.8 Å². The molecule has 0 spiro atoms. The Balaban J connectivity index is 2.42. The van der Waals surface area contributed by atoms with Gasteiger partial charge in [-0.05, 0) is 42.8 Å². The van der Waals surface area contributed by atoms with Crippen LogP contribution in [0.5, 0.6) is 5.75 Å². The van der Waals surface area contributed by atoms with Gasteiger partial charge in [-0.2, -0.15) is 4.31 Å². The number of sulfonamides is 1. The summed E-state index contributed by atoms with van der Waals surface area (Å²) in [7, 11) is -3.82. The van der Waals surface area contributed by atoms with Gasteiger partial charge in [0.05, 0.1) is 15.6 Å². The Kier molecular flexibility index (Phi) is 7.33. The molecule has 0 radical (unpaired) electrons. The molecular weight excluding hydrogens is 477 g/mol. The summed E-state index contributed by atoms with van der Waals surface area (Å²) < 4.78 is 32.9. The van der Waals surface area contributed by atoms with Crippen LogP contribution in [0, 0.1) is 6.92 Å². The lowest BCUT2D eigenvalue weighted by Gasteiger charge is -2.19. The molecule has 2 aromatic carbocycles. The van der Waals surface area contributed by atoms with Crippen molar-refractivity contribution in [2.24, 2.45) is 0 Å². The molecule has 0 unspecified atom stereocenters. The van der Waals surface area contributed by atoms with Crippen molar-refractivity contribution in [1.82, 2.24) is 4.31 Å². The van der Waals surface area contributed by atoms with E-state index in [1.54, 1.807) is 32.9 Å². The first-order valence-corrected chi connectivity index (χ1v) is 11.1. The van der Waals surface area contributed by atoms with Gasteiger partial charge in [0.15, 0.2) is 5.75 Å². The molecule has 0 aliphatic carbocycles. The van der Waals surface area contributed by atoms with Gasteiger partial charge in [-0.25, -0.2) is 13.2 Å². The first kappa shape index (κ1) is 22.2. The summed E-state index contributed by atoms with van der Waals surface area (Å²) in [5.74, 6) is -0.511. The quantitative estimate of drug-likeness (QED) is 0.403. The standard InChI is InChI=1S/C18H18BrCl2NO4S/c1-4-22(5-2)27(24,25)16-9-12(6-7-14(16)20)18(23)26-17-11(3)8-13(19)10-15(17)21/h6-10H,4-5H2,1-3H3. The topological polar surface area (TPSA) is 63.7 Å². The van der Waals surface area contributed by atoms with Crippen LogP contribution < -0.4 is 4.74 Å². The molecule has 0 aliphatic rings. The Morgan fingerprint density at radius 2 is 1.74 bits per heavy atom. The summed E-state index contributed by atoms with van der Waals surface area (Å²) in [4.78, 5) is 12.4. The number of nitrogens with zero attached hydrogens (tertiary/aromatic N) is 1. The maximum atomic E-state index is 12.8. The Morgan fingerprint density at radius 1 is 1.11 bits per heavy atom. The van der Waals surface area contributed by atoms with Crippen LogP contribution in [0.2, 0.25) is 10.0 Å². The zero-order valence-corrected chi connectivity index (χ0v) is 18.8. The number of rotatable bonds is 6. The zero-order valence-electron chi connectivity index (χ0n) is 14.9. The second-order valence-corrected chi connectivity index (χ2v) is 9.29. The summed E-state index contributed by atoms with van der Waals surface area (Å²) in [6.07, 6.45) is 0. The Labute approximate surface area is 177 Å². The molecule has 5 nitrogen and oxygen atoms in total. The van der Waals surface area contributed by atoms with Crippen LogP contribution in [-0.2, 0) is 10.0 Å². The first-order valence-electron chi connectivity index (χ1n) is 8.09. The third-order valence-corrected chi connectivity index (χ3v) is 7.15. The number of carbonyl (C=O) groups is 1. The maximum Gasteiger partial charge on any atom is 0.343 e. The van der Waals surface area contributed by atoms with Crippen molar-refractivity contribution in [1.29, 1.82) is 0 Å². The van der Waals surface area contributed by atoms with Crippen LogP contribution in [0.3, 0.4) is 0 Å².